The van der Waals surface area contributed by atoms with Gasteiger partial charge in [-0.25, -0.2) is 4.79 Å². The van der Waals surface area contributed by atoms with E-state index in [1.807, 2.05) is 140 Å². The fourth-order valence-electron chi connectivity index (χ4n) is 3.75. The molecule has 0 saturated heterocycles. The third kappa shape index (κ3) is 13.2. The van der Waals surface area contributed by atoms with Gasteiger partial charge in [0.25, 0.3) is 0 Å². The molecule has 5 rings (SSSR count). The van der Waals surface area contributed by atoms with Gasteiger partial charge in [0.2, 0.25) is 0 Å². The largest absolute Gasteiger partial charge is 2.00 e. The molecule has 0 aromatic heterocycles. The summed E-state index contributed by atoms with van der Waals surface area (Å²) in [6.07, 6.45) is 38.9. The first kappa shape index (κ1) is 38.3. The van der Waals surface area contributed by atoms with E-state index in [0.717, 1.165) is 11.8 Å². The molecule has 208 valence electrons. The molecule has 6 heteroatoms. The molecule has 0 bridgehead atoms. The molecule has 3 nitrogen and oxygen atoms in total. The minimum absolute atomic E-state index is 0. The number of ether oxygens (including phenoxy) is 1. The number of carbonyl (C=O) groups is 2. The molecule has 1 aromatic rings. The van der Waals surface area contributed by atoms with Crippen LogP contribution in [-0.4, -0.2) is 24.6 Å². The molecule has 0 unspecified atom stereocenters. The normalized spacial score (nSPS) is 19.5. The molecular weight excluding hydrogens is 612 g/mol. The minimum atomic E-state index is -0.388. The van der Waals surface area contributed by atoms with Gasteiger partial charge in [-0.3, -0.25) is 4.79 Å². The summed E-state index contributed by atoms with van der Waals surface area (Å²) in [5.74, 6) is 1.24. The number of esters is 1. The average Bonchev–Trinajstić information content (AvgIpc) is 3.81. The number of benzene rings is 1. The van der Waals surface area contributed by atoms with Gasteiger partial charge in [-0.2, -0.15) is 0 Å². The fourth-order valence-corrected chi connectivity index (χ4v) is 4.40. The third-order valence-corrected chi connectivity index (χ3v) is 6.31. The Hall–Kier alpha value is -0.771. The van der Waals surface area contributed by atoms with Crippen LogP contribution in [0.2, 0.25) is 0 Å². The number of thioether (sulfide) groups is 1. The maximum absolute atomic E-state index is 13.0. The Morgan fingerprint density at radius 1 is 0.683 bits per heavy atom. The van der Waals surface area contributed by atoms with Crippen LogP contribution in [0.4, 0.5) is 0 Å². The fraction of sp³-hybridized carbons (Fsp3) is 0.0857. The van der Waals surface area contributed by atoms with E-state index >= 15 is 0 Å². The topological polar surface area (TPSA) is 43.4 Å². The molecule has 0 heterocycles. The van der Waals surface area contributed by atoms with Crippen LogP contribution >= 0.6 is 11.8 Å². The van der Waals surface area contributed by atoms with E-state index in [0.29, 0.717) is 21.6 Å². The van der Waals surface area contributed by atoms with Crippen LogP contribution in [0.15, 0.2) is 52.5 Å². The average molecular weight is 644 g/mol. The molecular formula is C35H32Fe2O3S+4. The summed E-state index contributed by atoms with van der Waals surface area (Å²) >= 11 is 1.33. The molecule has 4 aliphatic rings. The molecule has 0 atom stereocenters. The predicted molar refractivity (Wildman–Crippen MR) is 160 cm³/mol. The Morgan fingerprint density at radius 2 is 1.12 bits per heavy atom. The van der Waals surface area contributed by atoms with Gasteiger partial charge < -0.3 is 4.74 Å². The summed E-state index contributed by atoms with van der Waals surface area (Å²) in [6, 6.07) is 9.12. The molecule has 0 aliphatic heterocycles. The minimum Gasteiger partial charge on any atom is -0.462 e. The van der Waals surface area contributed by atoms with Crippen LogP contribution in [0.3, 0.4) is 0 Å². The van der Waals surface area contributed by atoms with Gasteiger partial charge in [0, 0.05) is 17.4 Å². The van der Waals surface area contributed by atoms with E-state index < -0.39 is 0 Å². The van der Waals surface area contributed by atoms with Crippen LogP contribution in [-0.2, 0) is 43.7 Å². The predicted octanol–water partition coefficient (Wildman–Crippen LogP) is 6.82. The van der Waals surface area contributed by atoms with Gasteiger partial charge >= 0.3 is 40.1 Å². The molecule has 0 N–H and O–H groups in total. The standard InChI is InChI=1S/C25H22O3S.2C5H5.2Fe/c1-3-28-25(27)24(29-2)23(20-15-9-10-16-20)21(18-11-7-8-12-18)17-22(26)19-13-5-4-6-14-19;2*1-2-4-5-3-1;;/h4-17H,3H2,1-2H3;2*1-5H;;/q;;;2*+2/b21-17-,24-23+;;;;. The van der Waals surface area contributed by atoms with E-state index in [1.54, 1.807) is 25.1 Å². The number of rotatable bonds is 8. The Bertz CT molecular complexity index is 899. The molecule has 4 aliphatic carbocycles. The van der Waals surface area contributed by atoms with Crippen molar-refractivity contribution < 1.29 is 48.5 Å². The van der Waals surface area contributed by atoms with E-state index in [9.17, 15) is 9.59 Å². The summed E-state index contributed by atoms with van der Waals surface area (Å²) in [5.41, 5.74) is 2.00. The summed E-state index contributed by atoms with van der Waals surface area (Å²) in [7, 11) is 0. The van der Waals surface area contributed by atoms with E-state index in [1.165, 1.54) is 11.8 Å². The van der Waals surface area contributed by atoms with Crippen LogP contribution in [0.1, 0.15) is 17.3 Å². The van der Waals surface area contributed by atoms with Crippen LogP contribution < -0.4 is 0 Å². The monoisotopic (exact) mass is 644 g/mol. The van der Waals surface area contributed by atoms with E-state index in [4.69, 9.17) is 4.74 Å². The van der Waals surface area contributed by atoms with Crippen molar-refractivity contribution in [2.24, 2.45) is 0 Å². The third-order valence-electron chi connectivity index (χ3n) is 5.53. The SMILES string of the molecule is CCOC(=O)/C(SC)=C([C]1[CH][CH][CH][CH]1)\C(=C/C(=O)c1ccccc1)[C]1[CH][CH][CH][CH]1.[CH]1[CH][CH][CH][CH]1.[CH]1[CH][CH][CH][CH]1.[Fe+2].[Fe+2]. The van der Waals surface area contributed by atoms with Crippen molar-refractivity contribution in [1.29, 1.82) is 0 Å². The summed E-state index contributed by atoms with van der Waals surface area (Å²) in [4.78, 5) is 26.2. The number of carbonyl (C=O) groups excluding carboxylic acids is 2. The number of ketones is 1. The molecule has 20 radical (unpaired) electrons. The smallest absolute Gasteiger partial charge is 0.462 e. The first-order valence-electron chi connectivity index (χ1n) is 12.7. The van der Waals surface area contributed by atoms with Crippen LogP contribution in [0.5, 0.6) is 0 Å². The molecule has 0 spiro atoms. The zero-order valence-corrected chi connectivity index (χ0v) is 25.9. The van der Waals surface area contributed by atoms with Crippen LogP contribution in [0, 0.1) is 127 Å². The summed E-state index contributed by atoms with van der Waals surface area (Å²) in [6.45, 7) is 2.07. The molecule has 1 aromatic carbocycles. The van der Waals surface area contributed by atoms with Gasteiger partial charge in [0.1, 0.15) is 0 Å². The molecule has 41 heavy (non-hydrogen) atoms. The summed E-state index contributed by atoms with van der Waals surface area (Å²) < 4.78 is 5.30. The first-order valence-corrected chi connectivity index (χ1v) is 13.9. The second-order valence-corrected chi connectivity index (χ2v) is 9.01. The Morgan fingerprint density at radius 3 is 1.54 bits per heavy atom. The summed E-state index contributed by atoms with van der Waals surface area (Å²) in [5, 5.41) is 0. The zero-order chi connectivity index (χ0) is 27.7. The van der Waals surface area contributed by atoms with Crippen molar-refractivity contribution in [2.75, 3.05) is 12.9 Å². The molecule has 0 amide bonds. The Balaban J connectivity index is 0.000000587. The van der Waals surface area contributed by atoms with Crippen molar-refractivity contribution in [3.63, 3.8) is 0 Å². The molecule has 4 saturated carbocycles. The van der Waals surface area contributed by atoms with Crippen molar-refractivity contribution in [1.82, 2.24) is 0 Å². The van der Waals surface area contributed by atoms with Gasteiger partial charge in [-0.1, -0.05) is 30.3 Å². The van der Waals surface area contributed by atoms with Gasteiger partial charge in [-0.05, 0) is 146 Å². The van der Waals surface area contributed by atoms with Crippen molar-refractivity contribution in [3.8, 4) is 0 Å². The quantitative estimate of drug-likeness (QED) is 0.102. The second kappa shape index (κ2) is 22.7. The Labute approximate surface area is 275 Å². The number of allylic oxidation sites excluding steroid dienone is 3. The van der Waals surface area contributed by atoms with Crippen LogP contribution in [0.25, 0.3) is 0 Å². The van der Waals surface area contributed by atoms with E-state index in [2.05, 4.69) is 0 Å². The van der Waals surface area contributed by atoms with Crippen molar-refractivity contribution in [2.45, 2.75) is 6.92 Å². The molecule has 4 fully saturated rings. The zero-order valence-electron chi connectivity index (χ0n) is 22.9. The van der Waals surface area contributed by atoms with E-state index in [-0.39, 0.29) is 52.5 Å². The number of hydrogen-bond donors (Lipinski definition) is 0. The van der Waals surface area contributed by atoms with Crippen molar-refractivity contribution >= 4 is 23.5 Å². The van der Waals surface area contributed by atoms with Gasteiger partial charge in [0.05, 0.1) is 11.5 Å². The van der Waals surface area contributed by atoms with Gasteiger partial charge in [-0.15, -0.1) is 11.8 Å². The first-order chi connectivity index (χ1) is 19.2. The maximum Gasteiger partial charge on any atom is 2.00 e. The maximum atomic E-state index is 13.0. The number of hydrogen-bond acceptors (Lipinski definition) is 4. The van der Waals surface area contributed by atoms with Crippen molar-refractivity contribution in [3.05, 3.63) is 185 Å². The second-order valence-electron chi connectivity index (χ2n) is 8.19. The Kier molecular flexibility index (Phi) is 21.2. The van der Waals surface area contributed by atoms with Gasteiger partial charge in [0.15, 0.2) is 5.78 Å².